The summed E-state index contributed by atoms with van der Waals surface area (Å²) in [6.07, 6.45) is 10.7. The maximum atomic E-state index is 11.9. The van der Waals surface area contributed by atoms with Gasteiger partial charge in [-0.15, -0.1) is 0 Å². The zero-order chi connectivity index (χ0) is 17.7. The van der Waals surface area contributed by atoms with Crippen molar-refractivity contribution in [3.05, 3.63) is 0 Å². The molecule has 0 aliphatic rings. The summed E-state index contributed by atoms with van der Waals surface area (Å²) in [7, 11) is 0. The second-order valence-electron chi connectivity index (χ2n) is 6.70. The Kier molecular flexibility index (Phi) is 16.6. The first-order chi connectivity index (χ1) is 11.0. The number of carbonyl (C=O) groups is 2. The van der Waals surface area contributed by atoms with Gasteiger partial charge in [0, 0.05) is 0 Å². The minimum absolute atomic E-state index is 0. The van der Waals surface area contributed by atoms with E-state index in [1.54, 1.807) is 0 Å². The first kappa shape index (κ1) is 26.2. The third-order valence-corrected chi connectivity index (χ3v) is 5.03. The van der Waals surface area contributed by atoms with Crippen LogP contribution in [0.5, 0.6) is 0 Å². The molecule has 4 nitrogen and oxygen atoms in total. The fraction of sp³-hybridized carbons (Fsp3) is 0.895. The van der Waals surface area contributed by atoms with Gasteiger partial charge >= 0.3 is 41.5 Å². The largest absolute Gasteiger partial charge is 1.00 e. The SMILES string of the molecule is CCCCCCCCC(C(=O)O)(C(=O)O)C(CC)CCCCC.[H-].[Na+]. The second-order valence-corrected chi connectivity index (χ2v) is 6.70. The number of carboxylic acid groups (broad SMARTS) is 2. The molecule has 24 heavy (non-hydrogen) atoms. The molecule has 0 spiro atoms. The van der Waals surface area contributed by atoms with Crippen molar-refractivity contribution in [3.63, 3.8) is 0 Å². The van der Waals surface area contributed by atoms with Crippen molar-refractivity contribution in [3.8, 4) is 0 Å². The molecule has 2 N–H and O–H groups in total. The Morgan fingerprint density at radius 2 is 1.29 bits per heavy atom. The van der Waals surface area contributed by atoms with Crippen molar-refractivity contribution in [2.75, 3.05) is 0 Å². The summed E-state index contributed by atoms with van der Waals surface area (Å²) in [5.41, 5.74) is -1.60. The van der Waals surface area contributed by atoms with Crippen LogP contribution in [0.15, 0.2) is 0 Å². The van der Waals surface area contributed by atoms with Crippen LogP contribution in [0.3, 0.4) is 0 Å². The molecule has 1 unspecified atom stereocenters. The van der Waals surface area contributed by atoms with Gasteiger partial charge in [-0.25, -0.2) is 0 Å². The summed E-state index contributed by atoms with van der Waals surface area (Å²) in [5.74, 6) is -2.58. The number of unbranched alkanes of at least 4 members (excludes halogenated alkanes) is 7. The fourth-order valence-corrected chi connectivity index (χ4v) is 3.48. The molecular formula is C19H37NaO4. The van der Waals surface area contributed by atoms with Crippen LogP contribution in [0.1, 0.15) is 99.2 Å². The average molecular weight is 352 g/mol. The number of carboxylic acids is 2. The molecule has 0 radical (unpaired) electrons. The van der Waals surface area contributed by atoms with Gasteiger partial charge in [0.15, 0.2) is 5.41 Å². The van der Waals surface area contributed by atoms with Gasteiger partial charge in [0.05, 0.1) is 0 Å². The molecule has 0 saturated carbocycles. The van der Waals surface area contributed by atoms with Crippen LogP contribution in [0.25, 0.3) is 0 Å². The monoisotopic (exact) mass is 352 g/mol. The molecule has 0 bridgehead atoms. The molecule has 0 aromatic heterocycles. The molecule has 0 aromatic carbocycles. The average Bonchev–Trinajstić information content (AvgIpc) is 2.51. The number of aliphatic carboxylic acids is 2. The van der Waals surface area contributed by atoms with E-state index in [1.807, 2.05) is 6.92 Å². The zero-order valence-electron chi connectivity index (χ0n) is 17.3. The summed E-state index contributed by atoms with van der Waals surface area (Å²) in [6.45, 7) is 6.17. The Morgan fingerprint density at radius 3 is 1.75 bits per heavy atom. The van der Waals surface area contributed by atoms with E-state index in [2.05, 4.69) is 13.8 Å². The van der Waals surface area contributed by atoms with E-state index in [1.165, 1.54) is 12.8 Å². The summed E-state index contributed by atoms with van der Waals surface area (Å²) in [4.78, 5) is 23.8. The van der Waals surface area contributed by atoms with Gasteiger partial charge in [-0.2, -0.15) is 0 Å². The number of hydrogen-bond acceptors (Lipinski definition) is 2. The van der Waals surface area contributed by atoms with Crippen LogP contribution in [0.2, 0.25) is 0 Å². The molecule has 0 aromatic rings. The second kappa shape index (κ2) is 15.2. The number of hydrogen-bond donors (Lipinski definition) is 2. The van der Waals surface area contributed by atoms with Crippen LogP contribution in [-0.4, -0.2) is 22.2 Å². The van der Waals surface area contributed by atoms with Crippen molar-refractivity contribution < 1.29 is 50.8 Å². The van der Waals surface area contributed by atoms with Crippen molar-refractivity contribution in [1.82, 2.24) is 0 Å². The van der Waals surface area contributed by atoms with Crippen molar-refractivity contribution in [2.24, 2.45) is 11.3 Å². The molecule has 0 amide bonds. The number of rotatable bonds is 15. The van der Waals surface area contributed by atoms with Crippen LogP contribution in [0.4, 0.5) is 0 Å². The minimum Gasteiger partial charge on any atom is -1.00 e. The molecule has 1 atom stereocenters. The van der Waals surface area contributed by atoms with Gasteiger partial charge in [0.1, 0.15) is 0 Å². The van der Waals surface area contributed by atoms with E-state index in [0.29, 0.717) is 19.3 Å². The van der Waals surface area contributed by atoms with Crippen molar-refractivity contribution >= 4 is 11.9 Å². The standard InChI is InChI=1S/C19H36O4.Na.H/c1-4-7-9-10-11-13-15-19(17(20)21,18(22)23)16(6-3)14-12-8-5-2;;/h16H,4-15H2,1-3H3,(H,20,21)(H,22,23);;/q;+1;-1. The van der Waals surface area contributed by atoms with Gasteiger partial charge in [0.25, 0.3) is 0 Å². The summed E-state index contributed by atoms with van der Waals surface area (Å²) in [5, 5.41) is 19.4. The van der Waals surface area contributed by atoms with Crippen LogP contribution < -0.4 is 29.6 Å². The van der Waals surface area contributed by atoms with Crippen molar-refractivity contribution in [1.29, 1.82) is 0 Å². The molecule has 0 heterocycles. The predicted octanol–water partition coefficient (Wildman–Crippen LogP) is 2.62. The zero-order valence-corrected chi connectivity index (χ0v) is 18.3. The van der Waals surface area contributed by atoms with E-state index in [4.69, 9.17) is 0 Å². The van der Waals surface area contributed by atoms with Crippen LogP contribution in [0, 0.1) is 11.3 Å². The van der Waals surface area contributed by atoms with E-state index >= 15 is 0 Å². The predicted molar refractivity (Wildman–Crippen MR) is 94.7 cm³/mol. The van der Waals surface area contributed by atoms with Crippen molar-refractivity contribution in [2.45, 2.75) is 97.8 Å². The van der Waals surface area contributed by atoms with Gasteiger partial charge in [0.2, 0.25) is 0 Å². The Bertz CT molecular complexity index is 336. The van der Waals surface area contributed by atoms with Crippen LogP contribution in [-0.2, 0) is 9.59 Å². The molecule has 0 aliphatic carbocycles. The maximum Gasteiger partial charge on any atom is 1.00 e. The third-order valence-electron chi connectivity index (χ3n) is 5.03. The smallest absolute Gasteiger partial charge is 1.00 e. The molecular weight excluding hydrogens is 315 g/mol. The molecule has 5 heteroatoms. The molecule has 0 fully saturated rings. The summed E-state index contributed by atoms with van der Waals surface area (Å²) in [6, 6.07) is 0. The Labute approximate surface area is 171 Å². The van der Waals surface area contributed by atoms with Crippen LogP contribution >= 0.6 is 0 Å². The topological polar surface area (TPSA) is 74.6 Å². The van der Waals surface area contributed by atoms with E-state index in [0.717, 1.165) is 38.5 Å². The van der Waals surface area contributed by atoms with E-state index < -0.39 is 17.4 Å². The summed E-state index contributed by atoms with van der Waals surface area (Å²) < 4.78 is 0. The van der Waals surface area contributed by atoms with E-state index in [-0.39, 0.29) is 43.3 Å². The summed E-state index contributed by atoms with van der Waals surface area (Å²) >= 11 is 0. The molecule has 0 rings (SSSR count). The first-order valence-corrected chi connectivity index (χ1v) is 9.44. The molecule has 0 saturated heterocycles. The van der Waals surface area contributed by atoms with Gasteiger partial charge < -0.3 is 11.6 Å². The quantitative estimate of drug-likeness (QED) is 0.270. The van der Waals surface area contributed by atoms with Gasteiger partial charge in [-0.3, -0.25) is 9.59 Å². The third kappa shape index (κ3) is 8.35. The fourth-order valence-electron chi connectivity index (χ4n) is 3.48. The first-order valence-electron chi connectivity index (χ1n) is 9.44. The van der Waals surface area contributed by atoms with Gasteiger partial charge in [-0.05, 0) is 18.8 Å². The Morgan fingerprint density at radius 1 is 0.833 bits per heavy atom. The Balaban J connectivity index is -0.00000242. The van der Waals surface area contributed by atoms with Gasteiger partial charge in [-0.1, -0.05) is 85.0 Å². The normalized spacial score (nSPS) is 12.5. The minimum atomic E-state index is -1.60. The maximum absolute atomic E-state index is 11.9. The molecule has 0 aliphatic heterocycles. The molecule has 138 valence electrons. The van der Waals surface area contributed by atoms with E-state index in [9.17, 15) is 19.8 Å². The Hall–Kier alpha value is -0.0600.